The fraction of sp³-hybridized carbons (Fsp3) is 0.500. The van der Waals surface area contributed by atoms with Crippen molar-refractivity contribution in [2.45, 2.75) is 43.6 Å². The van der Waals surface area contributed by atoms with Crippen molar-refractivity contribution in [3.05, 3.63) is 46.9 Å². The quantitative estimate of drug-likeness (QED) is 0.768. The van der Waals surface area contributed by atoms with Crippen molar-refractivity contribution in [3.63, 3.8) is 0 Å². The molecule has 1 aromatic carbocycles. The molecule has 142 valence electrons. The van der Waals surface area contributed by atoms with Crippen LogP contribution in [0.5, 0.6) is 0 Å². The molecule has 0 aliphatic heterocycles. The molecule has 1 atom stereocenters. The predicted molar refractivity (Wildman–Crippen MR) is 108 cm³/mol. The van der Waals surface area contributed by atoms with Crippen molar-refractivity contribution in [3.8, 4) is 0 Å². The van der Waals surface area contributed by atoms with Crippen LogP contribution in [0.1, 0.15) is 38.2 Å². The molecular formula is C20H28FN3OS. The van der Waals surface area contributed by atoms with Gasteiger partial charge in [-0.2, -0.15) is 11.8 Å². The lowest BCUT2D eigenvalue weighted by Gasteiger charge is -2.27. The summed E-state index contributed by atoms with van der Waals surface area (Å²) in [4.78, 5) is 18.5. The Labute approximate surface area is 159 Å². The molecule has 1 aliphatic rings. The van der Waals surface area contributed by atoms with Crippen LogP contribution in [0.15, 0.2) is 40.5 Å². The number of nitrogens with zero attached hydrogens (tertiary/aromatic N) is 2. The van der Waals surface area contributed by atoms with Crippen LogP contribution < -0.4 is 5.73 Å². The Morgan fingerprint density at radius 3 is 2.65 bits per heavy atom. The minimum absolute atomic E-state index is 0.159. The number of carbonyl (C=O) groups is 1. The standard InChI is InChI=1S/C20H28FN3OS/c1-4-11-23-18-10-9-16(12-17(18)19(22)20(25)24(2)3)26-13-14-5-7-15(21)8-6-14/h5-8,16H,4,9-13,22H2,1-3H3/b19-17-,23-18?. The highest BCUT2D eigenvalue weighted by molar-refractivity contribution is 7.99. The molecule has 0 saturated heterocycles. The number of rotatable bonds is 6. The van der Waals surface area contributed by atoms with E-state index in [1.54, 1.807) is 14.1 Å². The zero-order chi connectivity index (χ0) is 19.1. The molecule has 1 aromatic rings. The van der Waals surface area contributed by atoms with Crippen LogP contribution in [-0.4, -0.2) is 42.4 Å². The van der Waals surface area contributed by atoms with E-state index in [0.717, 1.165) is 54.8 Å². The Balaban J connectivity index is 2.12. The van der Waals surface area contributed by atoms with Gasteiger partial charge in [0.15, 0.2) is 0 Å². The monoisotopic (exact) mass is 377 g/mol. The highest BCUT2D eigenvalue weighted by atomic mass is 32.2. The number of aliphatic imine (C=N–C) groups is 1. The fourth-order valence-electron chi connectivity index (χ4n) is 2.89. The van der Waals surface area contributed by atoms with Crippen LogP contribution in [0, 0.1) is 5.82 Å². The lowest BCUT2D eigenvalue weighted by atomic mass is 9.90. The summed E-state index contributed by atoms with van der Waals surface area (Å²) in [5, 5.41) is 0.379. The first-order chi connectivity index (χ1) is 12.4. The van der Waals surface area contributed by atoms with Crippen molar-refractivity contribution < 1.29 is 9.18 Å². The van der Waals surface area contributed by atoms with Crippen molar-refractivity contribution >= 4 is 23.4 Å². The summed E-state index contributed by atoms with van der Waals surface area (Å²) >= 11 is 1.83. The molecule has 0 spiro atoms. The Hall–Kier alpha value is -1.82. The molecule has 1 fully saturated rings. The number of amides is 1. The molecule has 1 saturated carbocycles. The first kappa shape index (κ1) is 20.5. The number of likely N-dealkylation sites (N-methyl/N-ethyl adjacent to an activating group) is 1. The molecule has 26 heavy (non-hydrogen) atoms. The fourth-order valence-corrected chi connectivity index (χ4v) is 4.08. The number of carbonyl (C=O) groups excluding carboxylic acids is 1. The van der Waals surface area contributed by atoms with E-state index < -0.39 is 0 Å². The molecule has 0 heterocycles. The van der Waals surface area contributed by atoms with E-state index in [1.165, 1.54) is 17.0 Å². The second-order valence-corrected chi connectivity index (χ2v) is 8.01. The lowest BCUT2D eigenvalue weighted by molar-refractivity contribution is -0.124. The van der Waals surface area contributed by atoms with E-state index in [-0.39, 0.29) is 11.7 Å². The third-order valence-electron chi connectivity index (χ3n) is 4.37. The minimum Gasteiger partial charge on any atom is -0.394 e. The lowest BCUT2D eigenvalue weighted by Crippen LogP contribution is -2.32. The molecule has 6 heteroatoms. The predicted octanol–water partition coefficient (Wildman–Crippen LogP) is 3.76. The summed E-state index contributed by atoms with van der Waals surface area (Å²) < 4.78 is 13.0. The average Bonchev–Trinajstić information content (AvgIpc) is 2.65. The average molecular weight is 378 g/mol. The number of hydrogen-bond acceptors (Lipinski definition) is 4. The first-order valence-corrected chi connectivity index (χ1v) is 10.1. The molecule has 4 nitrogen and oxygen atoms in total. The van der Waals surface area contributed by atoms with Crippen LogP contribution in [0.4, 0.5) is 4.39 Å². The maximum absolute atomic E-state index is 13.0. The molecule has 1 amide bonds. The molecule has 2 rings (SSSR count). The highest BCUT2D eigenvalue weighted by Gasteiger charge is 2.27. The maximum atomic E-state index is 13.0. The van der Waals surface area contributed by atoms with Gasteiger partial charge in [0.25, 0.3) is 5.91 Å². The zero-order valence-electron chi connectivity index (χ0n) is 15.8. The van der Waals surface area contributed by atoms with Crippen LogP contribution >= 0.6 is 11.8 Å². The summed E-state index contributed by atoms with van der Waals surface area (Å²) in [6, 6.07) is 6.62. The summed E-state index contributed by atoms with van der Waals surface area (Å²) in [6.45, 7) is 2.85. The molecule has 0 bridgehead atoms. The number of halogens is 1. The SMILES string of the molecule is CCCN=C1CCC(SCc2ccc(F)cc2)C/C1=C(/N)C(=O)N(C)C. The Kier molecular flexibility index (Phi) is 7.69. The van der Waals surface area contributed by atoms with Gasteiger partial charge in [0, 0.05) is 42.9 Å². The van der Waals surface area contributed by atoms with E-state index in [2.05, 4.69) is 11.9 Å². The summed E-state index contributed by atoms with van der Waals surface area (Å²) in [6.07, 6.45) is 3.58. The van der Waals surface area contributed by atoms with Gasteiger partial charge in [-0.05, 0) is 43.4 Å². The number of allylic oxidation sites excluding steroid dienone is 1. The number of hydrogen-bond donors (Lipinski definition) is 1. The van der Waals surface area contributed by atoms with Gasteiger partial charge in [0.05, 0.1) is 0 Å². The highest BCUT2D eigenvalue weighted by Crippen LogP contribution is 2.33. The van der Waals surface area contributed by atoms with Crippen molar-refractivity contribution in [1.29, 1.82) is 0 Å². The number of thioether (sulfide) groups is 1. The molecular weight excluding hydrogens is 349 g/mol. The molecule has 2 N–H and O–H groups in total. The van der Waals surface area contributed by atoms with Gasteiger partial charge < -0.3 is 10.6 Å². The van der Waals surface area contributed by atoms with Gasteiger partial charge in [0.2, 0.25) is 0 Å². The summed E-state index contributed by atoms with van der Waals surface area (Å²) in [5.74, 6) is 0.447. The minimum atomic E-state index is -0.214. The normalized spacial score (nSPS) is 20.9. The van der Waals surface area contributed by atoms with E-state index in [0.29, 0.717) is 10.9 Å². The van der Waals surface area contributed by atoms with Crippen molar-refractivity contribution in [2.24, 2.45) is 10.7 Å². The Bertz CT molecular complexity index is 683. The molecule has 0 radical (unpaired) electrons. The van der Waals surface area contributed by atoms with Gasteiger partial charge in [-0.3, -0.25) is 9.79 Å². The second kappa shape index (κ2) is 9.76. The van der Waals surface area contributed by atoms with Gasteiger partial charge in [-0.1, -0.05) is 19.1 Å². The third-order valence-corrected chi connectivity index (χ3v) is 5.74. The van der Waals surface area contributed by atoms with Gasteiger partial charge in [-0.25, -0.2) is 4.39 Å². The van der Waals surface area contributed by atoms with E-state index >= 15 is 0 Å². The van der Waals surface area contributed by atoms with Crippen molar-refractivity contribution in [2.75, 3.05) is 20.6 Å². The first-order valence-electron chi connectivity index (χ1n) is 9.02. The van der Waals surface area contributed by atoms with Crippen LogP contribution in [0.25, 0.3) is 0 Å². The Morgan fingerprint density at radius 2 is 2.04 bits per heavy atom. The smallest absolute Gasteiger partial charge is 0.269 e. The van der Waals surface area contributed by atoms with E-state index in [1.807, 2.05) is 23.9 Å². The topological polar surface area (TPSA) is 58.7 Å². The van der Waals surface area contributed by atoms with E-state index in [9.17, 15) is 9.18 Å². The molecule has 1 aliphatic carbocycles. The Morgan fingerprint density at radius 1 is 1.35 bits per heavy atom. The van der Waals surface area contributed by atoms with Crippen LogP contribution in [-0.2, 0) is 10.5 Å². The molecule has 1 unspecified atom stereocenters. The largest absolute Gasteiger partial charge is 0.394 e. The second-order valence-electron chi connectivity index (χ2n) is 6.72. The van der Waals surface area contributed by atoms with Crippen LogP contribution in [0.2, 0.25) is 0 Å². The van der Waals surface area contributed by atoms with Crippen molar-refractivity contribution in [1.82, 2.24) is 4.90 Å². The summed E-state index contributed by atoms with van der Waals surface area (Å²) in [5.41, 5.74) is 9.50. The van der Waals surface area contributed by atoms with E-state index in [4.69, 9.17) is 5.73 Å². The number of nitrogens with two attached hydrogens (primary N) is 1. The molecule has 0 aromatic heterocycles. The number of benzene rings is 1. The zero-order valence-corrected chi connectivity index (χ0v) is 16.6. The maximum Gasteiger partial charge on any atom is 0.269 e. The summed E-state index contributed by atoms with van der Waals surface area (Å²) in [7, 11) is 3.42. The van der Waals surface area contributed by atoms with Gasteiger partial charge in [0.1, 0.15) is 11.5 Å². The van der Waals surface area contributed by atoms with Crippen LogP contribution in [0.3, 0.4) is 0 Å². The third kappa shape index (κ3) is 5.59. The van der Waals surface area contributed by atoms with Gasteiger partial charge >= 0.3 is 0 Å². The van der Waals surface area contributed by atoms with Gasteiger partial charge in [-0.15, -0.1) is 0 Å².